The van der Waals surface area contributed by atoms with Gasteiger partial charge in [0, 0.05) is 13.1 Å². The minimum atomic E-state index is 0.177. The summed E-state index contributed by atoms with van der Waals surface area (Å²) in [5.74, 6) is 0.773. The average Bonchev–Trinajstić information content (AvgIpc) is 2.40. The minimum Gasteiger partial charge on any atom is -0.492 e. The molecule has 1 rings (SSSR count). The summed E-state index contributed by atoms with van der Waals surface area (Å²) >= 11 is 0. The molecule has 0 bridgehead atoms. The van der Waals surface area contributed by atoms with Gasteiger partial charge < -0.3 is 9.84 Å². The van der Waals surface area contributed by atoms with Crippen LogP contribution in [0.5, 0.6) is 5.75 Å². The van der Waals surface area contributed by atoms with Crippen molar-refractivity contribution in [2.45, 2.75) is 13.3 Å². The molecule has 4 heteroatoms. The lowest BCUT2D eigenvalue weighted by atomic mass is 10.2. The van der Waals surface area contributed by atoms with E-state index in [-0.39, 0.29) is 6.61 Å². The first-order valence-corrected chi connectivity index (χ1v) is 6.26. The Hall–Kier alpha value is -1.57. The molecule has 4 nitrogen and oxygen atoms in total. The number of rotatable bonds is 8. The second-order valence-corrected chi connectivity index (χ2v) is 4.05. The second-order valence-electron chi connectivity index (χ2n) is 4.05. The summed E-state index contributed by atoms with van der Waals surface area (Å²) in [6.07, 6.45) is 1.07. The largest absolute Gasteiger partial charge is 0.492 e. The third-order valence-electron chi connectivity index (χ3n) is 2.62. The maximum absolute atomic E-state index is 8.92. The molecule has 0 amide bonds. The average molecular weight is 248 g/mol. The Morgan fingerprint density at radius 2 is 1.94 bits per heavy atom. The Kier molecular flexibility index (Phi) is 6.85. The summed E-state index contributed by atoms with van der Waals surface area (Å²) in [5, 5.41) is 17.6. The van der Waals surface area contributed by atoms with Crippen LogP contribution < -0.4 is 4.74 Å². The van der Waals surface area contributed by atoms with E-state index in [1.165, 1.54) is 0 Å². The zero-order valence-corrected chi connectivity index (χ0v) is 10.8. The molecule has 0 spiro atoms. The van der Waals surface area contributed by atoms with E-state index in [4.69, 9.17) is 15.1 Å². The predicted octanol–water partition coefficient (Wildman–Crippen LogP) is 1.64. The van der Waals surface area contributed by atoms with E-state index in [1.54, 1.807) is 24.3 Å². The van der Waals surface area contributed by atoms with Gasteiger partial charge >= 0.3 is 0 Å². The van der Waals surface area contributed by atoms with E-state index in [0.29, 0.717) is 18.7 Å². The number of ether oxygens (including phenoxy) is 1. The summed E-state index contributed by atoms with van der Waals surface area (Å²) in [6, 6.07) is 9.16. The van der Waals surface area contributed by atoms with Gasteiger partial charge in [-0.25, -0.2) is 0 Å². The van der Waals surface area contributed by atoms with E-state index >= 15 is 0 Å². The highest BCUT2D eigenvalue weighted by atomic mass is 16.5. The highest BCUT2D eigenvalue weighted by Crippen LogP contribution is 2.11. The molecule has 0 saturated carbocycles. The van der Waals surface area contributed by atoms with Crippen LogP contribution in [0.3, 0.4) is 0 Å². The van der Waals surface area contributed by atoms with Crippen molar-refractivity contribution in [2.75, 3.05) is 32.8 Å². The van der Waals surface area contributed by atoms with Gasteiger partial charge in [0.1, 0.15) is 12.4 Å². The lowest BCUT2D eigenvalue weighted by Crippen LogP contribution is -2.31. The number of benzene rings is 1. The van der Waals surface area contributed by atoms with Crippen molar-refractivity contribution in [1.29, 1.82) is 5.26 Å². The molecule has 0 aliphatic heterocycles. The second kappa shape index (κ2) is 8.51. The van der Waals surface area contributed by atoms with Gasteiger partial charge in [-0.2, -0.15) is 5.26 Å². The first kappa shape index (κ1) is 14.5. The third kappa shape index (κ3) is 5.17. The van der Waals surface area contributed by atoms with Gasteiger partial charge in [-0.3, -0.25) is 4.90 Å². The molecule has 0 aliphatic carbocycles. The summed E-state index contributed by atoms with van der Waals surface area (Å²) in [6.45, 7) is 5.34. The Labute approximate surface area is 108 Å². The predicted molar refractivity (Wildman–Crippen MR) is 70.5 cm³/mol. The summed E-state index contributed by atoms with van der Waals surface area (Å²) in [7, 11) is 0. The molecular formula is C14H20N2O2. The van der Waals surface area contributed by atoms with Gasteiger partial charge in [0.05, 0.1) is 18.2 Å². The van der Waals surface area contributed by atoms with Crippen LogP contribution >= 0.6 is 0 Å². The van der Waals surface area contributed by atoms with Gasteiger partial charge in [0.15, 0.2) is 0 Å². The van der Waals surface area contributed by atoms with Crippen molar-refractivity contribution in [3.05, 3.63) is 29.8 Å². The Morgan fingerprint density at radius 1 is 1.22 bits per heavy atom. The molecule has 0 aliphatic rings. The first-order valence-electron chi connectivity index (χ1n) is 6.26. The maximum Gasteiger partial charge on any atom is 0.119 e. The number of aliphatic hydroxyl groups excluding tert-OH is 1. The Morgan fingerprint density at radius 3 is 2.50 bits per heavy atom. The molecule has 0 saturated heterocycles. The van der Waals surface area contributed by atoms with Crippen molar-refractivity contribution >= 4 is 0 Å². The van der Waals surface area contributed by atoms with E-state index < -0.39 is 0 Å². The summed E-state index contributed by atoms with van der Waals surface area (Å²) in [5.41, 5.74) is 0.634. The lowest BCUT2D eigenvalue weighted by molar-refractivity contribution is 0.168. The number of hydrogen-bond donors (Lipinski definition) is 1. The summed E-state index contributed by atoms with van der Waals surface area (Å²) in [4.78, 5) is 2.17. The van der Waals surface area contributed by atoms with Crippen LogP contribution in [0.1, 0.15) is 18.9 Å². The summed E-state index contributed by atoms with van der Waals surface area (Å²) < 4.78 is 5.60. The third-order valence-corrected chi connectivity index (χ3v) is 2.62. The molecule has 0 unspecified atom stereocenters. The quantitative estimate of drug-likeness (QED) is 0.760. The fourth-order valence-electron chi connectivity index (χ4n) is 1.71. The SMILES string of the molecule is CCCN(CCO)CCOc1ccc(C#N)cc1. The first-order chi connectivity index (χ1) is 8.80. The lowest BCUT2D eigenvalue weighted by Gasteiger charge is -2.20. The molecule has 1 N–H and O–H groups in total. The molecule has 0 heterocycles. The zero-order valence-electron chi connectivity index (χ0n) is 10.8. The van der Waals surface area contributed by atoms with E-state index in [2.05, 4.69) is 17.9 Å². The van der Waals surface area contributed by atoms with Crippen LogP contribution in [0.25, 0.3) is 0 Å². The van der Waals surface area contributed by atoms with E-state index in [9.17, 15) is 0 Å². The van der Waals surface area contributed by atoms with Crippen molar-refractivity contribution in [2.24, 2.45) is 0 Å². The van der Waals surface area contributed by atoms with Crippen LogP contribution in [0.2, 0.25) is 0 Å². The fraction of sp³-hybridized carbons (Fsp3) is 0.500. The number of nitrogens with zero attached hydrogens (tertiary/aromatic N) is 2. The van der Waals surface area contributed by atoms with Crippen molar-refractivity contribution < 1.29 is 9.84 Å². The van der Waals surface area contributed by atoms with Gasteiger partial charge in [0.25, 0.3) is 0 Å². The van der Waals surface area contributed by atoms with Crippen molar-refractivity contribution in [3.63, 3.8) is 0 Å². The number of hydrogen-bond acceptors (Lipinski definition) is 4. The molecule has 0 radical (unpaired) electrons. The van der Waals surface area contributed by atoms with E-state index in [0.717, 1.165) is 25.3 Å². The van der Waals surface area contributed by atoms with Gasteiger partial charge in [0.2, 0.25) is 0 Å². The number of aliphatic hydroxyl groups is 1. The van der Waals surface area contributed by atoms with Gasteiger partial charge in [-0.1, -0.05) is 6.92 Å². The fourth-order valence-corrected chi connectivity index (χ4v) is 1.71. The van der Waals surface area contributed by atoms with E-state index in [1.807, 2.05) is 0 Å². The van der Waals surface area contributed by atoms with Gasteiger partial charge in [-0.15, -0.1) is 0 Å². The molecule has 1 aromatic carbocycles. The molecule has 98 valence electrons. The zero-order chi connectivity index (χ0) is 13.2. The van der Waals surface area contributed by atoms with Crippen LogP contribution in [0.4, 0.5) is 0 Å². The van der Waals surface area contributed by atoms with Crippen LogP contribution in [0, 0.1) is 11.3 Å². The molecular weight excluding hydrogens is 228 g/mol. The molecule has 1 aromatic rings. The highest BCUT2D eigenvalue weighted by Gasteiger charge is 2.03. The maximum atomic E-state index is 8.92. The van der Waals surface area contributed by atoms with Crippen LogP contribution in [0.15, 0.2) is 24.3 Å². The monoisotopic (exact) mass is 248 g/mol. The van der Waals surface area contributed by atoms with Crippen molar-refractivity contribution in [1.82, 2.24) is 4.90 Å². The topological polar surface area (TPSA) is 56.5 Å². The normalized spacial score (nSPS) is 10.3. The molecule has 0 fully saturated rings. The highest BCUT2D eigenvalue weighted by molar-refractivity contribution is 5.34. The Balaban J connectivity index is 2.33. The van der Waals surface area contributed by atoms with Gasteiger partial charge in [-0.05, 0) is 37.2 Å². The number of nitriles is 1. The van der Waals surface area contributed by atoms with Crippen molar-refractivity contribution in [3.8, 4) is 11.8 Å². The Bertz CT molecular complexity index is 364. The standard InChI is InChI=1S/C14H20N2O2/c1-2-7-16(8-10-17)9-11-18-14-5-3-13(12-15)4-6-14/h3-6,17H,2,7-11H2,1H3. The smallest absolute Gasteiger partial charge is 0.119 e. The molecule has 0 aromatic heterocycles. The van der Waals surface area contributed by atoms with Crippen LogP contribution in [-0.4, -0.2) is 42.9 Å². The molecule has 0 atom stereocenters. The molecule has 18 heavy (non-hydrogen) atoms. The van der Waals surface area contributed by atoms with Crippen LogP contribution in [-0.2, 0) is 0 Å². The minimum absolute atomic E-state index is 0.177.